The minimum atomic E-state index is -0.127. The Balaban J connectivity index is 2.16. The number of phenolic OH excluding ortho intramolecular Hbond substituents is 1. The van der Waals surface area contributed by atoms with Crippen LogP contribution >= 0.6 is 22.6 Å². The lowest BCUT2D eigenvalue weighted by Gasteiger charge is -2.31. The number of phenols is 1. The lowest BCUT2D eigenvalue weighted by atomic mass is 10.1. The standard InChI is InChI=1S/C13H16INO3/c1-15(10-4-6-18-7-5-10)13(17)11-8-9(14)2-3-12(11)16/h2-3,8,10,16H,4-7H2,1H3. The molecule has 18 heavy (non-hydrogen) atoms. The van der Waals surface area contributed by atoms with Gasteiger partial charge >= 0.3 is 0 Å². The van der Waals surface area contributed by atoms with Gasteiger partial charge in [-0.05, 0) is 53.6 Å². The first-order chi connectivity index (χ1) is 8.59. The van der Waals surface area contributed by atoms with Crippen LogP contribution < -0.4 is 0 Å². The Bertz CT molecular complexity index is 444. The van der Waals surface area contributed by atoms with E-state index in [1.165, 1.54) is 0 Å². The molecule has 1 N–H and O–H groups in total. The predicted octanol–water partition coefficient (Wildman–Crippen LogP) is 2.25. The van der Waals surface area contributed by atoms with Crippen molar-refractivity contribution < 1.29 is 14.6 Å². The summed E-state index contributed by atoms with van der Waals surface area (Å²) in [6.45, 7) is 1.39. The molecule has 0 bridgehead atoms. The summed E-state index contributed by atoms with van der Waals surface area (Å²) in [4.78, 5) is 14.1. The number of amides is 1. The number of rotatable bonds is 2. The molecule has 0 aromatic heterocycles. The zero-order chi connectivity index (χ0) is 13.1. The highest BCUT2D eigenvalue weighted by atomic mass is 127. The van der Waals surface area contributed by atoms with Crippen molar-refractivity contribution in [1.82, 2.24) is 4.90 Å². The van der Waals surface area contributed by atoms with Crippen LogP contribution in [0.2, 0.25) is 0 Å². The summed E-state index contributed by atoms with van der Waals surface area (Å²) in [5, 5.41) is 9.78. The fraction of sp³-hybridized carbons (Fsp3) is 0.462. The van der Waals surface area contributed by atoms with Crippen molar-refractivity contribution in [3.05, 3.63) is 27.3 Å². The van der Waals surface area contributed by atoms with Gasteiger partial charge in [-0.25, -0.2) is 0 Å². The Morgan fingerprint density at radius 1 is 1.44 bits per heavy atom. The number of hydrogen-bond donors (Lipinski definition) is 1. The van der Waals surface area contributed by atoms with E-state index >= 15 is 0 Å². The molecule has 5 heteroatoms. The molecule has 0 spiro atoms. The Labute approximate surface area is 120 Å². The minimum Gasteiger partial charge on any atom is -0.507 e. The van der Waals surface area contributed by atoms with Gasteiger partial charge < -0.3 is 14.7 Å². The molecule has 1 aromatic carbocycles. The van der Waals surface area contributed by atoms with Crippen molar-refractivity contribution in [2.24, 2.45) is 0 Å². The van der Waals surface area contributed by atoms with Gasteiger partial charge in [0.05, 0.1) is 5.56 Å². The number of ether oxygens (including phenoxy) is 1. The molecule has 1 fully saturated rings. The lowest BCUT2D eigenvalue weighted by Crippen LogP contribution is -2.40. The van der Waals surface area contributed by atoms with Crippen molar-refractivity contribution in [3.8, 4) is 5.75 Å². The van der Waals surface area contributed by atoms with E-state index in [2.05, 4.69) is 22.6 Å². The van der Waals surface area contributed by atoms with E-state index < -0.39 is 0 Å². The molecule has 0 saturated carbocycles. The molecule has 1 aliphatic heterocycles. The summed E-state index contributed by atoms with van der Waals surface area (Å²) in [5.41, 5.74) is 0.371. The van der Waals surface area contributed by atoms with Gasteiger partial charge in [-0.15, -0.1) is 0 Å². The van der Waals surface area contributed by atoms with E-state index in [1.54, 1.807) is 30.1 Å². The van der Waals surface area contributed by atoms with Gasteiger partial charge in [0.2, 0.25) is 0 Å². The molecular formula is C13H16INO3. The third-order valence-corrected chi connectivity index (χ3v) is 3.92. The molecule has 4 nitrogen and oxygen atoms in total. The van der Waals surface area contributed by atoms with Crippen LogP contribution in [0.3, 0.4) is 0 Å². The number of hydrogen-bond acceptors (Lipinski definition) is 3. The smallest absolute Gasteiger partial charge is 0.257 e. The molecule has 1 saturated heterocycles. The summed E-state index contributed by atoms with van der Waals surface area (Å²) in [5.74, 6) is -0.0859. The van der Waals surface area contributed by atoms with Gasteiger partial charge in [0.25, 0.3) is 5.91 Å². The van der Waals surface area contributed by atoms with E-state index in [4.69, 9.17) is 4.74 Å². The van der Waals surface area contributed by atoms with Crippen molar-refractivity contribution >= 4 is 28.5 Å². The second-order valence-corrected chi connectivity index (χ2v) is 5.67. The van der Waals surface area contributed by atoms with Gasteiger partial charge in [0.1, 0.15) is 5.75 Å². The van der Waals surface area contributed by atoms with Gasteiger partial charge in [0, 0.05) is 29.9 Å². The van der Waals surface area contributed by atoms with Crippen molar-refractivity contribution in [2.75, 3.05) is 20.3 Å². The third-order valence-electron chi connectivity index (χ3n) is 3.25. The van der Waals surface area contributed by atoms with Crippen LogP contribution in [-0.2, 0) is 4.74 Å². The average molecular weight is 361 g/mol. The maximum absolute atomic E-state index is 12.3. The molecule has 0 atom stereocenters. The molecule has 0 unspecified atom stereocenters. The lowest BCUT2D eigenvalue weighted by molar-refractivity contribution is 0.0360. The summed E-state index contributed by atoms with van der Waals surface area (Å²) in [6, 6.07) is 5.26. The molecule has 1 heterocycles. The summed E-state index contributed by atoms with van der Waals surface area (Å²) in [7, 11) is 1.79. The number of aromatic hydroxyl groups is 1. The molecule has 2 rings (SSSR count). The highest BCUT2D eigenvalue weighted by Crippen LogP contribution is 2.23. The monoisotopic (exact) mass is 361 g/mol. The number of benzene rings is 1. The van der Waals surface area contributed by atoms with Crippen LogP contribution in [0, 0.1) is 3.57 Å². The van der Waals surface area contributed by atoms with E-state index in [0.717, 1.165) is 16.4 Å². The highest BCUT2D eigenvalue weighted by Gasteiger charge is 2.24. The molecule has 1 aliphatic rings. The van der Waals surface area contributed by atoms with Crippen LogP contribution in [0.4, 0.5) is 0 Å². The number of carbonyl (C=O) groups excluding carboxylic acids is 1. The van der Waals surface area contributed by atoms with E-state index in [-0.39, 0.29) is 17.7 Å². The molecular weight excluding hydrogens is 345 g/mol. The van der Waals surface area contributed by atoms with Crippen LogP contribution in [0.25, 0.3) is 0 Å². The third kappa shape index (κ3) is 2.95. The SMILES string of the molecule is CN(C(=O)c1cc(I)ccc1O)C1CCOCC1. The highest BCUT2D eigenvalue weighted by molar-refractivity contribution is 14.1. The van der Waals surface area contributed by atoms with Crippen LogP contribution in [0.5, 0.6) is 5.75 Å². The van der Waals surface area contributed by atoms with Gasteiger partial charge in [-0.1, -0.05) is 0 Å². The first-order valence-electron chi connectivity index (χ1n) is 5.93. The zero-order valence-electron chi connectivity index (χ0n) is 10.2. The van der Waals surface area contributed by atoms with Crippen molar-refractivity contribution in [1.29, 1.82) is 0 Å². The molecule has 0 aliphatic carbocycles. The topological polar surface area (TPSA) is 49.8 Å². The second-order valence-electron chi connectivity index (χ2n) is 4.42. The molecule has 1 amide bonds. The van der Waals surface area contributed by atoms with Crippen LogP contribution in [0.15, 0.2) is 18.2 Å². The number of halogens is 1. The van der Waals surface area contributed by atoms with E-state index in [1.807, 2.05) is 0 Å². The van der Waals surface area contributed by atoms with Crippen molar-refractivity contribution in [3.63, 3.8) is 0 Å². The minimum absolute atomic E-state index is 0.0410. The second kappa shape index (κ2) is 5.88. The Morgan fingerprint density at radius 3 is 2.78 bits per heavy atom. The molecule has 98 valence electrons. The van der Waals surface area contributed by atoms with E-state index in [0.29, 0.717) is 18.8 Å². The first-order valence-corrected chi connectivity index (χ1v) is 7.01. The summed E-state index contributed by atoms with van der Waals surface area (Å²) in [6.07, 6.45) is 1.71. The van der Waals surface area contributed by atoms with Crippen LogP contribution in [0.1, 0.15) is 23.2 Å². The summed E-state index contributed by atoms with van der Waals surface area (Å²) < 4.78 is 6.23. The fourth-order valence-corrected chi connectivity index (χ4v) is 2.60. The Hall–Kier alpha value is -0.820. The predicted molar refractivity (Wildman–Crippen MR) is 76.8 cm³/mol. The molecule has 0 radical (unpaired) electrons. The first kappa shape index (κ1) is 13.6. The number of nitrogens with zero attached hydrogens (tertiary/aromatic N) is 1. The largest absolute Gasteiger partial charge is 0.507 e. The van der Waals surface area contributed by atoms with Gasteiger partial charge in [0.15, 0.2) is 0 Å². The maximum atomic E-state index is 12.3. The maximum Gasteiger partial charge on any atom is 0.257 e. The number of carbonyl (C=O) groups is 1. The van der Waals surface area contributed by atoms with Gasteiger partial charge in [-0.3, -0.25) is 4.79 Å². The Kier molecular flexibility index (Phi) is 4.45. The normalized spacial score (nSPS) is 16.6. The van der Waals surface area contributed by atoms with Crippen molar-refractivity contribution in [2.45, 2.75) is 18.9 Å². The quantitative estimate of drug-likeness (QED) is 0.823. The average Bonchev–Trinajstić information content (AvgIpc) is 2.41. The van der Waals surface area contributed by atoms with Crippen LogP contribution in [-0.4, -0.2) is 42.2 Å². The Morgan fingerprint density at radius 2 is 2.11 bits per heavy atom. The van der Waals surface area contributed by atoms with Gasteiger partial charge in [-0.2, -0.15) is 0 Å². The molecule has 1 aromatic rings. The zero-order valence-corrected chi connectivity index (χ0v) is 12.4. The summed E-state index contributed by atoms with van der Waals surface area (Å²) >= 11 is 2.13. The fourth-order valence-electron chi connectivity index (χ4n) is 2.11. The van der Waals surface area contributed by atoms with E-state index in [9.17, 15) is 9.90 Å².